The van der Waals surface area contributed by atoms with Crippen LogP contribution in [0.1, 0.15) is 36.0 Å². The van der Waals surface area contributed by atoms with E-state index in [2.05, 4.69) is 36.3 Å². The minimum absolute atomic E-state index is 0.00519. The van der Waals surface area contributed by atoms with E-state index in [0.717, 1.165) is 17.1 Å². The van der Waals surface area contributed by atoms with E-state index in [-0.39, 0.29) is 11.2 Å². The highest BCUT2D eigenvalue weighted by atomic mass is 32.2. The molecule has 1 amide bonds. The Bertz CT molecular complexity index is 656. The quantitative estimate of drug-likeness (QED) is 0.850. The fourth-order valence-electron chi connectivity index (χ4n) is 2.55. The van der Waals surface area contributed by atoms with Gasteiger partial charge in [-0.15, -0.1) is 23.1 Å². The number of thioether (sulfide) groups is 1. The minimum atomic E-state index is 0.00519. The van der Waals surface area contributed by atoms with Gasteiger partial charge in [0, 0.05) is 23.2 Å². The lowest BCUT2D eigenvalue weighted by Gasteiger charge is -2.19. The van der Waals surface area contributed by atoms with Crippen molar-refractivity contribution in [2.75, 3.05) is 7.05 Å². The Kier molecular flexibility index (Phi) is 4.54. The summed E-state index contributed by atoms with van der Waals surface area (Å²) in [5, 5.41) is 3.21. The molecular weight excluding hydrogens is 312 g/mol. The van der Waals surface area contributed by atoms with Gasteiger partial charge in [-0.25, -0.2) is 4.98 Å². The van der Waals surface area contributed by atoms with Crippen molar-refractivity contribution in [3.63, 3.8) is 0 Å². The number of fused-ring (bicyclic) bond motifs is 1. The zero-order valence-corrected chi connectivity index (χ0v) is 14.7. The molecule has 116 valence electrons. The van der Waals surface area contributed by atoms with E-state index in [0.29, 0.717) is 12.5 Å². The van der Waals surface area contributed by atoms with E-state index in [9.17, 15) is 4.79 Å². The highest BCUT2D eigenvalue weighted by Gasteiger charge is 2.30. The molecule has 0 fully saturated rings. The predicted octanol–water partition coefficient (Wildman–Crippen LogP) is 3.94. The number of hydrogen-bond donors (Lipinski definition) is 0. The molecule has 1 unspecified atom stereocenters. The summed E-state index contributed by atoms with van der Waals surface area (Å²) in [4.78, 5) is 20.3. The Morgan fingerprint density at radius 1 is 1.41 bits per heavy atom. The lowest BCUT2D eigenvalue weighted by Crippen LogP contribution is -2.34. The molecular formula is C17H20N2OS2. The zero-order chi connectivity index (χ0) is 15.7. The SMILES string of the molecule is CC(C)c1nc(CN(C)C(=O)C2Cc3ccccc3S2)cs1. The van der Waals surface area contributed by atoms with E-state index in [4.69, 9.17) is 0 Å². The van der Waals surface area contributed by atoms with E-state index < -0.39 is 0 Å². The van der Waals surface area contributed by atoms with Gasteiger partial charge in [0.2, 0.25) is 5.91 Å². The third-order valence-electron chi connectivity index (χ3n) is 3.76. The van der Waals surface area contributed by atoms with Crippen LogP contribution in [0.15, 0.2) is 34.5 Å². The molecule has 0 radical (unpaired) electrons. The van der Waals surface area contributed by atoms with E-state index in [1.807, 2.05) is 24.1 Å². The molecule has 1 aromatic carbocycles. The Hall–Kier alpha value is -1.33. The molecule has 22 heavy (non-hydrogen) atoms. The Labute approximate surface area is 139 Å². The molecule has 2 heterocycles. The number of amides is 1. The second kappa shape index (κ2) is 6.42. The monoisotopic (exact) mass is 332 g/mol. The van der Waals surface area contributed by atoms with Crippen LogP contribution in [0.2, 0.25) is 0 Å². The lowest BCUT2D eigenvalue weighted by molar-refractivity contribution is -0.129. The van der Waals surface area contributed by atoms with Gasteiger partial charge in [-0.05, 0) is 18.1 Å². The number of rotatable bonds is 4. The Morgan fingerprint density at radius 3 is 2.86 bits per heavy atom. The Morgan fingerprint density at radius 2 is 2.18 bits per heavy atom. The smallest absolute Gasteiger partial charge is 0.236 e. The average Bonchev–Trinajstić information content (AvgIpc) is 3.12. The zero-order valence-electron chi connectivity index (χ0n) is 13.1. The highest BCUT2D eigenvalue weighted by molar-refractivity contribution is 8.01. The molecule has 1 aromatic heterocycles. The summed E-state index contributed by atoms with van der Waals surface area (Å²) in [6.07, 6.45) is 0.832. The van der Waals surface area contributed by atoms with Gasteiger partial charge in [0.15, 0.2) is 0 Å². The van der Waals surface area contributed by atoms with Crippen LogP contribution in [0.4, 0.5) is 0 Å². The molecule has 2 aromatic rings. The van der Waals surface area contributed by atoms with Crippen LogP contribution in [-0.4, -0.2) is 28.1 Å². The molecule has 0 saturated heterocycles. The standard InChI is InChI=1S/C17H20N2OS2/c1-11(2)16-18-13(10-21-16)9-19(3)17(20)15-8-12-6-4-5-7-14(12)22-15/h4-7,10-11,15H,8-9H2,1-3H3. The van der Waals surface area contributed by atoms with Gasteiger partial charge in [-0.3, -0.25) is 4.79 Å². The molecule has 0 spiro atoms. The number of thiazole rings is 1. The topological polar surface area (TPSA) is 33.2 Å². The molecule has 0 bridgehead atoms. The first-order valence-electron chi connectivity index (χ1n) is 7.48. The molecule has 3 nitrogen and oxygen atoms in total. The second-order valence-electron chi connectivity index (χ2n) is 5.94. The maximum absolute atomic E-state index is 12.6. The van der Waals surface area contributed by atoms with E-state index in [1.165, 1.54) is 10.5 Å². The molecule has 1 aliphatic heterocycles. The van der Waals surface area contributed by atoms with Crippen LogP contribution in [0.3, 0.4) is 0 Å². The molecule has 0 aliphatic carbocycles. The largest absolute Gasteiger partial charge is 0.339 e. The van der Waals surface area contributed by atoms with Crippen molar-refractivity contribution in [3.8, 4) is 0 Å². The van der Waals surface area contributed by atoms with Crippen molar-refractivity contribution < 1.29 is 4.79 Å². The van der Waals surface area contributed by atoms with Crippen molar-refractivity contribution in [2.24, 2.45) is 0 Å². The maximum atomic E-state index is 12.6. The third kappa shape index (κ3) is 3.20. The van der Waals surface area contributed by atoms with Crippen molar-refractivity contribution in [3.05, 3.63) is 45.9 Å². The van der Waals surface area contributed by atoms with Crippen molar-refractivity contribution in [2.45, 2.75) is 42.9 Å². The van der Waals surface area contributed by atoms with Gasteiger partial charge in [0.05, 0.1) is 22.5 Å². The molecule has 0 saturated carbocycles. The fourth-order valence-corrected chi connectivity index (χ4v) is 4.68. The van der Waals surface area contributed by atoms with Crippen LogP contribution in [0.25, 0.3) is 0 Å². The summed E-state index contributed by atoms with van der Waals surface area (Å²) < 4.78 is 0. The van der Waals surface area contributed by atoms with Crippen LogP contribution in [-0.2, 0) is 17.8 Å². The number of benzene rings is 1. The first-order valence-corrected chi connectivity index (χ1v) is 9.24. The summed E-state index contributed by atoms with van der Waals surface area (Å²) >= 11 is 3.36. The van der Waals surface area contributed by atoms with Crippen LogP contribution in [0.5, 0.6) is 0 Å². The third-order valence-corrected chi connectivity index (χ3v) is 6.26. The second-order valence-corrected chi connectivity index (χ2v) is 8.08. The molecule has 5 heteroatoms. The van der Waals surface area contributed by atoms with Gasteiger partial charge < -0.3 is 4.90 Å². The van der Waals surface area contributed by atoms with Gasteiger partial charge in [0.25, 0.3) is 0 Å². The maximum Gasteiger partial charge on any atom is 0.236 e. The number of nitrogens with zero attached hydrogens (tertiary/aromatic N) is 2. The van der Waals surface area contributed by atoms with Crippen molar-refractivity contribution in [1.29, 1.82) is 0 Å². The summed E-state index contributed by atoms with van der Waals surface area (Å²) in [6.45, 7) is 4.88. The fraction of sp³-hybridized carbons (Fsp3) is 0.412. The number of carbonyl (C=O) groups is 1. The molecule has 0 N–H and O–H groups in total. The average molecular weight is 332 g/mol. The van der Waals surface area contributed by atoms with Crippen LogP contribution >= 0.6 is 23.1 Å². The highest BCUT2D eigenvalue weighted by Crippen LogP contribution is 2.37. The minimum Gasteiger partial charge on any atom is -0.339 e. The molecule has 1 atom stereocenters. The van der Waals surface area contributed by atoms with E-state index in [1.54, 1.807) is 23.1 Å². The van der Waals surface area contributed by atoms with Crippen LogP contribution < -0.4 is 0 Å². The first-order chi connectivity index (χ1) is 10.5. The summed E-state index contributed by atoms with van der Waals surface area (Å²) in [6, 6.07) is 8.29. The van der Waals surface area contributed by atoms with E-state index >= 15 is 0 Å². The predicted molar refractivity (Wildman–Crippen MR) is 92.5 cm³/mol. The normalized spacial score (nSPS) is 16.8. The van der Waals surface area contributed by atoms with Gasteiger partial charge in [0.1, 0.15) is 0 Å². The van der Waals surface area contributed by atoms with Gasteiger partial charge >= 0.3 is 0 Å². The number of hydrogen-bond acceptors (Lipinski definition) is 4. The first kappa shape index (κ1) is 15.6. The number of aromatic nitrogens is 1. The van der Waals surface area contributed by atoms with Gasteiger partial charge in [-0.1, -0.05) is 32.0 Å². The lowest BCUT2D eigenvalue weighted by atomic mass is 10.1. The summed E-state index contributed by atoms with van der Waals surface area (Å²) in [5.41, 5.74) is 2.28. The van der Waals surface area contributed by atoms with Gasteiger partial charge in [-0.2, -0.15) is 0 Å². The molecule has 3 rings (SSSR count). The van der Waals surface area contributed by atoms with Crippen molar-refractivity contribution in [1.82, 2.24) is 9.88 Å². The van der Waals surface area contributed by atoms with Crippen molar-refractivity contribution >= 4 is 29.0 Å². The molecule has 1 aliphatic rings. The summed E-state index contributed by atoms with van der Waals surface area (Å²) in [5.74, 6) is 0.639. The number of carbonyl (C=O) groups excluding carboxylic acids is 1. The summed E-state index contributed by atoms with van der Waals surface area (Å²) in [7, 11) is 1.88. The Balaban J connectivity index is 1.63. The van der Waals surface area contributed by atoms with Crippen LogP contribution in [0, 0.1) is 0 Å².